The van der Waals surface area contributed by atoms with Gasteiger partial charge in [-0.05, 0) is 13.8 Å². The van der Waals surface area contributed by atoms with Gasteiger partial charge in [0.15, 0.2) is 17.4 Å². The SMILES string of the molecule is Cc1ccc(-c2csc(NC(=O)COC(=O)c3cnc(C)cn3)n2)cc1. The van der Waals surface area contributed by atoms with E-state index in [-0.39, 0.29) is 5.69 Å². The Balaban J connectivity index is 1.54. The number of ether oxygens (including phenoxy) is 1. The van der Waals surface area contributed by atoms with Crippen LogP contribution in [0.4, 0.5) is 5.13 Å². The van der Waals surface area contributed by atoms with Gasteiger partial charge < -0.3 is 4.74 Å². The molecule has 1 aromatic carbocycles. The van der Waals surface area contributed by atoms with Gasteiger partial charge in [-0.1, -0.05) is 29.8 Å². The van der Waals surface area contributed by atoms with Crippen molar-refractivity contribution in [2.24, 2.45) is 0 Å². The van der Waals surface area contributed by atoms with Gasteiger partial charge >= 0.3 is 5.97 Å². The second-order valence-corrected chi connectivity index (χ2v) is 6.43. The van der Waals surface area contributed by atoms with Crippen molar-refractivity contribution in [1.29, 1.82) is 0 Å². The molecule has 8 heteroatoms. The lowest BCUT2D eigenvalue weighted by Gasteiger charge is -2.04. The van der Waals surface area contributed by atoms with Crippen LogP contribution < -0.4 is 5.32 Å². The highest BCUT2D eigenvalue weighted by molar-refractivity contribution is 7.14. The standard InChI is InChI=1S/C18H16N4O3S/c1-11-3-5-13(6-4-11)15-10-26-18(21-15)22-16(23)9-25-17(24)14-8-19-12(2)7-20-14/h3-8,10H,9H2,1-2H3,(H,21,22,23). The van der Waals surface area contributed by atoms with Crippen molar-refractivity contribution < 1.29 is 14.3 Å². The van der Waals surface area contributed by atoms with E-state index in [9.17, 15) is 9.59 Å². The molecule has 1 amide bonds. The van der Waals surface area contributed by atoms with Gasteiger partial charge in [-0.3, -0.25) is 15.1 Å². The van der Waals surface area contributed by atoms with E-state index in [1.165, 1.54) is 23.7 Å². The largest absolute Gasteiger partial charge is 0.451 e. The fraction of sp³-hybridized carbons (Fsp3) is 0.167. The molecule has 3 rings (SSSR count). The molecule has 1 N–H and O–H groups in total. The highest BCUT2D eigenvalue weighted by Gasteiger charge is 2.13. The maximum Gasteiger partial charge on any atom is 0.359 e. The fourth-order valence-corrected chi connectivity index (χ4v) is 2.78. The third-order valence-electron chi connectivity index (χ3n) is 3.42. The topological polar surface area (TPSA) is 94.1 Å². The number of benzene rings is 1. The Labute approximate surface area is 154 Å². The minimum absolute atomic E-state index is 0.0549. The lowest BCUT2D eigenvalue weighted by molar-refractivity contribution is -0.119. The molecule has 0 bridgehead atoms. The first-order valence-corrected chi connectivity index (χ1v) is 8.67. The minimum atomic E-state index is -0.702. The van der Waals surface area contributed by atoms with E-state index >= 15 is 0 Å². The number of thiazole rings is 1. The number of nitrogens with zero attached hydrogens (tertiary/aromatic N) is 3. The molecule has 3 aromatic rings. The molecule has 0 fully saturated rings. The normalized spacial score (nSPS) is 10.4. The highest BCUT2D eigenvalue weighted by Crippen LogP contribution is 2.25. The van der Waals surface area contributed by atoms with Gasteiger partial charge in [-0.2, -0.15) is 0 Å². The summed E-state index contributed by atoms with van der Waals surface area (Å²) in [7, 11) is 0. The number of nitrogens with one attached hydrogen (secondary N) is 1. The number of anilines is 1. The van der Waals surface area contributed by atoms with Crippen molar-refractivity contribution in [2.45, 2.75) is 13.8 Å². The molecule has 0 aliphatic rings. The Morgan fingerprint density at radius 2 is 1.88 bits per heavy atom. The number of carbonyl (C=O) groups is 2. The van der Waals surface area contributed by atoms with Crippen molar-refractivity contribution in [3.8, 4) is 11.3 Å². The van der Waals surface area contributed by atoms with Crippen LogP contribution in [0.15, 0.2) is 42.0 Å². The predicted molar refractivity (Wildman–Crippen MR) is 98.0 cm³/mol. The molecule has 0 saturated heterocycles. The van der Waals surface area contributed by atoms with Gasteiger partial charge in [0.05, 0.1) is 17.6 Å². The van der Waals surface area contributed by atoms with Crippen LogP contribution in [0.25, 0.3) is 11.3 Å². The van der Waals surface area contributed by atoms with Crippen LogP contribution in [0, 0.1) is 13.8 Å². The van der Waals surface area contributed by atoms with Crippen molar-refractivity contribution in [2.75, 3.05) is 11.9 Å². The molecule has 0 aliphatic carbocycles. The number of carbonyl (C=O) groups excluding carboxylic acids is 2. The number of rotatable bonds is 5. The van der Waals surface area contributed by atoms with Gasteiger partial charge in [-0.25, -0.2) is 14.8 Å². The van der Waals surface area contributed by atoms with E-state index in [1.54, 1.807) is 6.92 Å². The molecule has 0 atom stereocenters. The summed E-state index contributed by atoms with van der Waals surface area (Å²) in [6, 6.07) is 7.95. The van der Waals surface area contributed by atoms with Crippen LogP contribution in [0.5, 0.6) is 0 Å². The zero-order chi connectivity index (χ0) is 18.5. The molecule has 0 radical (unpaired) electrons. The van der Waals surface area contributed by atoms with E-state index in [2.05, 4.69) is 20.3 Å². The highest BCUT2D eigenvalue weighted by atomic mass is 32.1. The maximum absolute atomic E-state index is 11.9. The fourth-order valence-electron chi connectivity index (χ4n) is 2.05. The Bertz CT molecular complexity index is 920. The van der Waals surface area contributed by atoms with E-state index < -0.39 is 18.5 Å². The van der Waals surface area contributed by atoms with Gasteiger partial charge in [-0.15, -0.1) is 11.3 Å². The lowest BCUT2D eigenvalue weighted by Crippen LogP contribution is -2.21. The quantitative estimate of drug-likeness (QED) is 0.696. The number of hydrogen-bond donors (Lipinski definition) is 1. The second-order valence-electron chi connectivity index (χ2n) is 5.57. The van der Waals surface area contributed by atoms with Gasteiger partial charge in [0.2, 0.25) is 0 Å². The number of hydrogen-bond acceptors (Lipinski definition) is 7. The van der Waals surface area contributed by atoms with Crippen LogP contribution in [-0.4, -0.2) is 33.4 Å². The lowest BCUT2D eigenvalue weighted by atomic mass is 10.1. The smallest absolute Gasteiger partial charge is 0.359 e. The molecule has 0 aliphatic heterocycles. The molecule has 0 saturated carbocycles. The monoisotopic (exact) mass is 368 g/mol. The molecular formula is C18H16N4O3S. The number of aromatic nitrogens is 3. The van der Waals surface area contributed by atoms with Gasteiger partial charge in [0.25, 0.3) is 5.91 Å². The zero-order valence-corrected chi connectivity index (χ0v) is 15.0. The van der Waals surface area contributed by atoms with Crippen LogP contribution in [0.3, 0.4) is 0 Å². The van der Waals surface area contributed by atoms with Crippen LogP contribution >= 0.6 is 11.3 Å². The first-order chi connectivity index (χ1) is 12.5. The van der Waals surface area contributed by atoms with E-state index in [0.717, 1.165) is 16.8 Å². The number of esters is 1. The second kappa shape index (κ2) is 7.83. The Kier molecular flexibility index (Phi) is 5.33. The van der Waals surface area contributed by atoms with Crippen molar-refractivity contribution >= 4 is 28.3 Å². The zero-order valence-electron chi connectivity index (χ0n) is 14.2. The Hall–Kier alpha value is -3.13. The number of aryl methyl sites for hydroxylation is 2. The van der Waals surface area contributed by atoms with E-state index in [4.69, 9.17) is 4.74 Å². The summed E-state index contributed by atoms with van der Waals surface area (Å²) in [6.07, 6.45) is 2.77. The molecular weight excluding hydrogens is 352 g/mol. The van der Waals surface area contributed by atoms with Crippen molar-refractivity contribution in [3.05, 3.63) is 59.0 Å². The van der Waals surface area contributed by atoms with Crippen molar-refractivity contribution in [3.63, 3.8) is 0 Å². The molecule has 2 heterocycles. The summed E-state index contributed by atoms with van der Waals surface area (Å²) in [5, 5.41) is 4.91. The molecule has 26 heavy (non-hydrogen) atoms. The van der Waals surface area contributed by atoms with E-state index in [1.807, 2.05) is 36.6 Å². The third kappa shape index (κ3) is 4.48. The maximum atomic E-state index is 11.9. The molecule has 2 aromatic heterocycles. The summed E-state index contributed by atoms with van der Waals surface area (Å²) in [6.45, 7) is 3.35. The molecule has 0 spiro atoms. The average molecular weight is 368 g/mol. The van der Waals surface area contributed by atoms with Crippen molar-refractivity contribution in [1.82, 2.24) is 15.0 Å². The summed E-state index contributed by atoms with van der Waals surface area (Å²) < 4.78 is 4.93. The van der Waals surface area contributed by atoms with Gasteiger partial charge in [0, 0.05) is 17.1 Å². The first-order valence-electron chi connectivity index (χ1n) is 7.79. The summed E-state index contributed by atoms with van der Waals surface area (Å²) >= 11 is 1.30. The van der Waals surface area contributed by atoms with Crippen LogP contribution in [-0.2, 0) is 9.53 Å². The third-order valence-corrected chi connectivity index (χ3v) is 4.18. The Morgan fingerprint density at radius 3 is 2.58 bits per heavy atom. The molecule has 132 valence electrons. The first kappa shape index (κ1) is 17.7. The molecule has 7 nitrogen and oxygen atoms in total. The number of amides is 1. The van der Waals surface area contributed by atoms with Gasteiger partial charge in [0.1, 0.15) is 0 Å². The van der Waals surface area contributed by atoms with E-state index in [0.29, 0.717) is 10.8 Å². The average Bonchev–Trinajstić information content (AvgIpc) is 3.09. The minimum Gasteiger partial charge on any atom is -0.451 e. The predicted octanol–water partition coefficient (Wildman–Crippen LogP) is 3.01. The Morgan fingerprint density at radius 1 is 1.12 bits per heavy atom. The summed E-state index contributed by atoms with van der Waals surface area (Å²) in [4.78, 5) is 36.0. The van der Waals surface area contributed by atoms with Crippen LogP contribution in [0.1, 0.15) is 21.7 Å². The summed E-state index contributed by atoms with van der Waals surface area (Å²) in [5.74, 6) is -1.17. The van der Waals surface area contributed by atoms with Crippen LogP contribution in [0.2, 0.25) is 0 Å². The molecule has 0 unspecified atom stereocenters. The summed E-state index contributed by atoms with van der Waals surface area (Å²) in [5.41, 5.74) is 3.65.